The van der Waals surface area contributed by atoms with Gasteiger partial charge in [-0.15, -0.1) is 11.3 Å². The molecular weight excluding hydrogens is 339 g/mol. The van der Waals surface area contributed by atoms with Crippen LogP contribution in [0.1, 0.15) is 18.7 Å². The molecule has 0 saturated carbocycles. The van der Waals surface area contributed by atoms with E-state index in [9.17, 15) is 14.0 Å². The van der Waals surface area contributed by atoms with Crippen LogP contribution in [-0.2, 0) is 9.59 Å². The zero-order valence-electron chi connectivity index (χ0n) is 14.3. The van der Waals surface area contributed by atoms with E-state index >= 15 is 0 Å². The Balaban J connectivity index is 1.90. The second kappa shape index (κ2) is 9.13. The Hall–Kier alpha value is -2.47. The van der Waals surface area contributed by atoms with E-state index in [-0.39, 0.29) is 24.2 Å². The van der Waals surface area contributed by atoms with Crippen LogP contribution in [0, 0.1) is 5.82 Å². The molecule has 1 heterocycles. The van der Waals surface area contributed by atoms with E-state index in [2.05, 4.69) is 5.32 Å². The van der Waals surface area contributed by atoms with Crippen molar-refractivity contribution in [1.82, 2.24) is 10.2 Å². The molecule has 0 spiro atoms. The molecule has 1 aromatic carbocycles. The maximum Gasteiger partial charge on any atom is 0.244 e. The predicted molar refractivity (Wildman–Crippen MR) is 99.7 cm³/mol. The topological polar surface area (TPSA) is 49.4 Å². The fourth-order valence-corrected chi connectivity index (χ4v) is 3.20. The minimum Gasteiger partial charge on any atom is -0.343 e. The fraction of sp³-hybridized carbons (Fsp3) is 0.263. The molecule has 1 N–H and O–H groups in total. The molecule has 0 fully saturated rings. The van der Waals surface area contributed by atoms with Crippen molar-refractivity contribution in [2.24, 2.45) is 0 Å². The summed E-state index contributed by atoms with van der Waals surface area (Å²) in [5.41, 5.74) is 0.931. The maximum absolute atomic E-state index is 13.0. The number of carbonyl (C=O) groups is 2. The Morgan fingerprint density at radius 3 is 2.44 bits per heavy atom. The number of carbonyl (C=O) groups excluding carboxylic acids is 2. The van der Waals surface area contributed by atoms with Gasteiger partial charge in [-0.05, 0) is 49.8 Å². The van der Waals surface area contributed by atoms with Gasteiger partial charge in [0.05, 0.1) is 6.54 Å². The van der Waals surface area contributed by atoms with Gasteiger partial charge in [0.25, 0.3) is 0 Å². The zero-order valence-corrected chi connectivity index (χ0v) is 15.1. The second-order valence-electron chi connectivity index (χ2n) is 5.33. The monoisotopic (exact) mass is 360 g/mol. The number of amides is 2. The second-order valence-corrected chi connectivity index (χ2v) is 6.44. The molecule has 0 aliphatic heterocycles. The number of likely N-dealkylation sites (N-methyl/N-ethyl adjacent to an activating group) is 1. The van der Waals surface area contributed by atoms with Crippen LogP contribution in [0.4, 0.5) is 4.39 Å². The summed E-state index contributed by atoms with van der Waals surface area (Å²) in [4.78, 5) is 27.2. The quantitative estimate of drug-likeness (QED) is 0.768. The molecule has 0 unspecified atom stereocenters. The molecule has 132 valence electrons. The fourth-order valence-electron chi connectivity index (χ4n) is 2.28. The molecule has 2 rings (SSSR count). The van der Waals surface area contributed by atoms with Crippen molar-refractivity contribution in [1.29, 1.82) is 0 Å². The van der Waals surface area contributed by atoms with Gasteiger partial charge in [-0.2, -0.15) is 0 Å². The summed E-state index contributed by atoms with van der Waals surface area (Å²) in [6.07, 6.45) is 3.12. The first-order valence-electron chi connectivity index (χ1n) is 8.13. The minimum absolute atomic E-state index is 0.00385. The van der Waals surface area contributed by atoms with Gasteiger partial charge in [0.15, 0.2) is 0 Å². The molecule has 0 aliphatic rings. The Kier molecular flexibility index (Phi) is 6.89. The number of rotatable bonds is 7. The van der Waals surface area contributed by atoms with E-state index in [0.29, 0.717) is 13.1 Å². The summed E-state index contributed by atoms with van der Waals surface area (Å²) >= 11 is 1.51. The number of halogens is 1. The molecule has 0 atom stereocenters. The van der Waals surface area contributed by atoms with E-state index < -0.39 is 0 Å². The van der Waals surface area contributed by atoms with Crippen molar-refractivity contribution in [3.8, 4) is 10.4 Å². The van der Waals surface area contributed by atoms with E-state index in [1.54, 1.807) is 23.1 Å². The molecule has 25 heavy (non-hydrogen) atoms. The molecule has 0 bridgehead atoms. The third kappa shape index (κ3) is 5.53. The normalized spacial score (nSPS) is 10.8. The van der Waals surface area contributed by atoms with Gasteiger partial charge in [0.1, 0.15) is 5.82 Å². The van der Waals surface area contributed by atoms with Crippen molar-refractivity contribution < 1.29 is 14.0 Å². The molecule has 2 amide bonds. The Morgan fingerprint density at radius 2 is 1.80 bits per heavy atom. The summed E-state index contributed by atoms with van der Waals surface area (Å²) in [6.45, 7) is 5.05. The summed E-state index contributed by atoms with van der Waals surface area (Å²) in [7, 11) is 0. The van der Waals surface area contributed by atoms with Crippen molar-refractivity contribution in [2.45, 2.75) is 13.8 Å². The average molecular weight is 360 g/mol. The standard InChI is InChI=1S/C19H21FN2O2S/c1-3-22(4-2)19(24)13-21-18(23)12-10-16-9-11-17(25-16)14-5-7-15(20)8-6-14/h5-12H,3-4,13H2,1-2H3,(H,21,23)/b12-10+. The molecular formula is C19H21FN2O2S. The molecule has 0 saturated heterocycles. The lowest BCUT2D eigenvalue weighted by molar-refractivity contribution is -0.131. The van der Waals surface area contributed by atoms with Crippen LogP contribution in [0.15, 0.2) is 42.5 Å². The van der Waals surface area contributed by atoms with Gasteiger partial charge in [0, 0.05) is 28.9 Å². The predicted octanol–water partition coefficient (Wildman–Crippen LogP) is 3.55. The Bertz CT molecular complexity index is 749. The van der Waals surface area contributed by atoms with E-state index in [4.69, 9.17) is 0 Å². The SMILES string of the molecule is CCN(CC)C(=O)CNC(=O)/C=C/c1ccc(-c2ccc(F)cc2)s1. The van der Waals surface area contributed by atoms with Gasteiger partial charge in [-0.1, -0.05) is 12.1 Å². The van der Waals surface area contributed by atoms with Gasteiger partial charge in [-0.25, -0.2) is 4.39 Å². The van der Waals surface area contributed by atoms with Crippen LogP contribution in [0.3, 0.4) is 0 Å². The molecule has 0 aliphatic carbocycles. The number of thiophene rings is 1. The van der Waals surface area contributed by atoms with Crippen LogP contribution < -0.4 is 5.32 Å². The highest BCUT2D eigenvalue weighted by Gasteiger charge is 2.09. The Labute approximate surface area is 151 Å². The first kappa shape index (κ1) is 18.9. The van der Waals surface area contributed by atoms with Crippen LogP contribution in [0.2, 0.25) is 0 Å². The third-order valence-electron chi connectivity index (χ3n) is 3.68. The van der Waals surface area contributed by atoms with E-state index in [1.165, 1.54) is 29.5 Å². The zero-order chi connectivity index (χ0) is 18.2. The largest absolute Gasteiger partial charge is 0.343 e. The van der Waals surface area contributed by atoms with Crippen molar-refractivity contribution in [3.63, 3.8) is 0 Å². The van der Waals surface area contributed by atoms with E-state index in [1.807, 2.05) is 26.0 Å². The lowest BCUT2D eigenvalue weighted by atomic mass is 10.2. The Morgan fingerprint density at radius 1 is 1.12 bits per heavy atom. The maximum atomic E-state index is 13.0. The number of hydrogen-bond donors (Lipinski definition) is 1. The molecule has 6 heteroatoms. The van der Waals surface area contributed by atoms with Gasteiger partial charge < -0.3 is 10.2 Å². The number of benzene rings is 1. The van der Waals surface area contributed by atoms with E-state index in [0.717, 1.165) is 15.3 Å². The molecule has 2 aromatic rings. The summed E-state index contributed by atoms with van der Waals surface area (Å²) in [5.74, 6) is -0.671. The third-order valence-corrected chi connectivity index (χ3v) is 4.78. The van der Waals surface area contributed by atoms with Crippen molar-refractivity contribution in [2.75, 3.05) is 19.6 Å². The van der Waals surface area contributed by atoms with Gasteiger partial charge >= 0.3 is 0 Å². The first-order chi connectivity index (χ1) is 12.0. The van der Waals surface area contributed by atoms with Crippen LogP contribution in [0.25, 0.3) is 16.5 Å². The lowest BCUT2D eigenvalue weighted by Crippen LogP contribution is -2.39. The minimum atomic E-state index is -0.308. The molecule has 4 nitrogen and oxygen atoms in total. The molecule has 0 radical (unpaired) electrons. The molecule has 1 aromatic heterocycles. The summed E-state index contributed by atoms with van der Waals surface area (Å²) in [5, 5.41) is 2.59. The first-order valence-corrected chi connectivity index (χ1v) is 8.94. The number of hydrogen-bond acceptors (Lipinski definition) is 3. The van der Waals surface area contributed by atoms with Crippen LogP contribution >= 0.6 is 11.3 Å². The summed E-state index contributed by atoms with van der Waals surface area (Å²) in [6, 6.07) is 10.1. The summed E-state index contributed by atoms with van der Waals surface area (Å²) < 4.78 is 13.0. The highest BCUT2D eigenvalue weighted by atomic mass is 32.1. The van der Waals surface area contributed by atoms with Gasteiger partial charge in [0.2, 0.25) is 11.8 Å². The highest BCUT2D eigenvalue weighted by Crippen LogP contribution is 2.28. The van der Waals surface area contributed by atoms with Crippen molar-refractivity contribution >= 4 is 29.2 Å². The van der Waals surface area contributed by atoms with Gasteiger partial charge in [-0.3, -0.25) is 9.59 Å². The highest BCUT2D eigenvalue weighted by molar-refractivity contribution is 7.16. The van der Waals surface area contributed by atoms with Crippen molar-refractivity contribution in [3.05, 3.63) is 53.2 Å². The average Bonchev–Trinajstić information content (AvgIpc) is 3.09. The number of nitrogens with one attached hydrogen (secondary N) is 1. The van der Waals surface area contributed by atoms with Crippen LogP contribution in [0.5, 0.6) is 0 Å². The van der Waals surface area contributed by atoms with Crippen LogP contribution in [-0.4, -0.2) is 36.3 Å². The lowest BCUT2D eigenvalue weighted by Gasteiger charge is -2.18. The number of nitrogens with zero attached hydrogens (tertiary/aromatic N) is 1. The smallest absolute Gasteiger partial charge is 0.244 e.